The smallest absolute Gasteiger partial charge is 0.0468 e. The summed E-state index contributed by atoms with van der Waals surface area (Å²) in [7, 11) is 0. The Labute approximate surface area is 329 Å². The average Bonchev–Trinajstić information content (AvgIpc) is 3.77. The van der Waals surface area contributed by atoms with E-state index >= 15 is 0 Å². The van der Waals surface area contributed by atoms with Crippen LogP contribution in [0.5, 0.6) is 0 Å². The van der Waals surface area contributed by atoms with Crippen LogP contribution in [0, 0.1) is 0 Å². The van der Waals surface area contributed by atoms with E-state index in [1.54, 1.807) is 0 Å². The molecule has 1 nitrogen and oxygen atoms in total. The van der Waals surface area contributed by atoms with Crippen LogP contribution in [0.2, 0.25) is 0 Å². The van der Waals surface area contributed by atoms with Crippen molar-refractivity contribution >= 4 is 27.8 Å². The Hall–Kier alpha value is -6.18. The zero-order valence-electron chi connectivity index (χ0n) is 32.0. The van der Waals surface area contributed by atoms with Gasteiger partial charge in [0.25, 0.3) is 0 Å². The van der Waals surface area contributed by atoms with Gasteiger partial charge >= 0.3 is 0 Å². The molecule has 0 radical (unpaired) electrons. The van der Waals surface area contributed by atoms with Crippen LogP contribution >= 0.6 is 0 Å². The molecule has 0 atom stereocenters. The van der Waals surface area contributed by atoms with Crippen molar-refractivity contribution in [3.8, 4) is 33.4 Å². The van der Waals surface area contributed by atoms with E-state index in [0.29, 0.717) is 0 Å². The van der Waals surface area contributed by atoms with Crippen molar-refractivity contribution in [1.29, 1.82) is 0 Å². The summed E-state index contributed by atoms with van der Waals surface area (Å²) in [4.78, 5) is 2.52. The Morgan fingerprint density at radius 3 is 1.27 bits per heavy atom. The van der Waals surface area contributed by atoms with Crippen molar-refractivity contribution in [2.75, 3.05) is 4.90 Å². The van der Waals surface area contributed by atoms with E-state index < -0.39 is 0 Å². The summed E-state index contributed by atoms with van der Waals surface area (Å²) < 4.78 is 0. The number of hydrogen-bond acceptors (Lipinski definition) is 1. The normalized spacial score (nSPS) is 16.9. The molecule has 0 aromatic heterocycles. The van der Waals surface area contributed by atoms with Gasteiger partial charge in [0.2, 0.25) is 0 Å². The predicted octanol–water partition coefficient (Wildman–Crippen LogP) is 14.4. The van der Waals surface area contributed by atoms with Crippen molar-refractivity contribution in [3.63, 3.8) is 0 Å². The predicted molar refractivity (Wildman–Crippen MR) is 234 cm³/mol. The Morgan fingerprint density at radius 2 is 0.696 bits per heavy atom. The first-order valence-corrected chi connectivity index (χ1v) is 20.4. The highest BCUT2D eigenvalue weighted by atomic mass is 15.1. The van der Waals surface area contributed by atoms with Crippen molar-refractivity contribution in [1.82, 2.24) is 0 Å². The maximum atomic E-state index is 2.58. The SMILES string of the molecule is CC1(C)c2ccccc2-c2ccc(N(c3ccc4c(c3)C3(CCC5(CC3)c3ccccc3-c3ccccc35)c3ccccc3-4)c3ccc4ccccc4c3)cc21. The van der Waals surface area contributed by atoms with Gasteiger partial charge in [0.05, 0.1) is 0 Å². The number of anilines is 3. The Bertz CT molecular complexity index is 2870. The molecular weight excluding hydrogens is 675 g/mol. The van der Waals surface area contributed by atoms with Gasteiger partial charge in [-0.2, -0.15) is 0 Å². The number of nitrogens with zero attached hydrogens (tertiary/aromatic N) is 1. The van der Waals surface area contributed by atoms with Gasteiger partial charge in [-0.15, -0.1) is 0 Å². The van der Waals surface area contributed by atoms with E-state index in [9.17, 15) is 0 Å². The van der Waals surface area contributed by atoms with Crippen molar-refractivity contribution < 1.29 is 0 Å². The lowest BCUT2D eigenvalue weighted by molar-refractivity contribution is 0.265. The van der Waals surface area contributed by atoms with E-state index in [4.69, 9.17) is 0 Å². The standard InChI is InChI=1S/C55H43N/c1-53(2)47-19-9-5-15-41(47)45-27-25-39(34-51(45)53)56(38-24-23-36-13-3-4-14-37(36)33-38)40-26-28-46-44-18-8-12-22-50(44)55(52(46)35-40)31-29-54(30-32-55)48-20-10-6-16-42(48)43-17-7-11-21-49(43)54/h3-28,33-35H,29-32H2,1-2H3. The third-order valence-electron chi connectivity index (χ3n) is 14.5. The van der Waals surface area contributed by atoms with Gasteiger partial charge in [-0.05, 0) is 140 Å². The van der Waals surface area contributed by atoms with Gasteiger partial charge < -0.3 is 4.90 Å². The number of fused-ring (bicyclic) bond motifs is 14. The molecule has 0 aliphatic heterocycles. The highest BCUT2D eigenvalue weighted by Crippen LogP contribution is 2.64. The second-order valence-electron chi connectivity index (χ2n) is 17.3. The molecule has 12 rings (SSSR count). The van der Waals surface area contributed by atoms with Gasteiger partial charge in [0, 0.05) is 33.3 Å². The molecule has 0 N–H and O–H groups in total. The van der Waals surface area contributed by atoms with E-state index in [0.717, 1.165) is 25.7 Å². The topological polar surface area (TPSA) is 3.24 Å². The molecule has 0 heterocycles. The largest absolute Gasteiger partial charge is 0.310 e. The van der Waals surface area contributed by atoms with Gasteiger partial charge in [-0.1, -0.05) is 153 Å². The van der Waals surface area contributed by atoms with Gasteiger partial charge in [-0.25, -0.2) is 0 Å². The van der Waals surface area contributed by atoms with Crippen LogP contribution in [0.15, 0.2) is 176 Å². The first-order chi connectivity index (χ1) is 27.5. The van der Waals surface area contributed by atoms with E-state index in [-0.39, 0.29) is 16.2 Å². The van der Waals surface area contributed by atoms with Crippen LogP contribution < -0.4 is 4.90 Å². The zero-order valence-corrected chi connectivity index (χ0v) is 32.0. The van der Waals surface area contributed by atoms with Crippen LogP contribution in [-0.2, 0) is 16.2 Å². The molecule has 4 aliphatic carbocycles. The first-order valence-electron chi connectivity index (χ1n) is 20.4. The number of hydrogen-bond donors (Lipinski definition) is 0. The molecule has 0 unspecified atom stereocenters. The molecule has 8 aromatic carbocycles. The second-order valence-corrected chi connectivity index (χ2v) is 17.3. The maximum absolute atomic E-state index is 2.58. The lowest BCUT2D eigenvalue weighted by Gasteiger charge is -2.45. The molecule has 0 saturated heterocycles. The molecule has 0 bridgehead atoms. The van der Waals surface area contributed by atoms with Gasteiger partial charge in [0.15, 0.2) is 0 Å². The van der Waals surface area contributed by atoms with Crippen molar-refractivity contribution in [2.45, 2.75) is 55.8 Å². The summed E-state index contributed by atoms with van der Waals surface area (Å²) in [5, 5.41) is 2.51. The summed E-state index contributed by atoms with van der Waals surface area (Å²) >= 11 is 0. The molecule has 56 heavy (non-hydrogen) atoms. The maximum Gasteiger partial charge on any atom is 0.0468 e. The van der Waals surface area contributed by atoms with Crippen LogP contribution in [0.1, 0.15) is 72.9 Å². The van der Waals surface area contributed by atoms with Gasteiger partial charge in [-0.3, -0.25) is 0 Å². The lowest BCUT2D eigenvalue weighted by atomic mass is 9.57. The van der Waals surface area contributed by atoms with E-state index in [2.05, 4.69) is 195 Å². The molecular formula is C55H43N. The highest BCUT2D eigenvalue weighted by Gasteiger charge is 2.53. The van der Waals surface area contributed by atoms with Crippen molar-refractivity contribution in [2.24, 2.45) is 0 Å². The minimum Gasteiger partial charge on any atom is -0.310 e. The molecule has 1 saturated carbocycles. The molecule has 8 aromatic rings. The molecule has 2 spiro atoms. The highest BCUT2D eigenvalue weighted by molar-refractivity contribution is 5.92. The Kier molecular flexibility index (Phi) is 6.55. The van der Waals surface area contributed by atoms with Crippen LogP contribution in [0.25, 0.3) is 44.2 Å². The number of rotatable bonds is 3. The van der Waals surface area contributed by atoms with E-state index in [1.165, 1.54) is 94.6 Å². The minimum atomic E-state index is -0.0871. The van der Waals surface area contributed by atoms with E-state index in [1.807, 2.05) is 0 Å². The fourth-order valence-corrected chi connectivity index (χ4v) is 11.8. The first kappa shape index (κ1) is 32.1. The summed E-state index contributed by atoms with van der Waals surface area (Å²) in [5.41, 5.74) is 20.8. The Balaban J connectivity index is 1.02. The van der Waals surface area contributed by atoms with Crippen molar-refractivity contribution in [3.05, 3.63) is 209 Å². The molecule has 0 amide bonds. The summed E-state index contributed by atoms with van der Waals surface area (Å²) in [6.07, 6.45) is 4.50. The van der Waals surface area contributed by atoms with Crippen LogP contribution in [-0.4, -0.2) is 0 Å². The van der Waals surface area contributed by atoms with Crippen LogP contribution in [0.4, 0.5) is 17.1 Å². The number of benzene rings is 8. The third kappa shape index (κ3) is 4.21. The quantitative estimate of drug-likeness (QED) is 0.176. The molecule has 4 aliphatic rings. The summed E-state index contributed by atoms with van der Waals surface area (Å²) in [6, 6.07) is 67.0. The summed E-state index contributed by atoms with van der Waals surface area (Å²) in [6.45, 7) is 4.77. The fourth-order valence-electron chi connectivity index (χ4n) is 11.8. The van der Waals surface area contributed by atoms with Gasteiger partial charge in [0.1, 0.15) is 0 Å². The average molecular weight is 718 g/mol. The fraction of sp³-hybridized carbons (Fsp3) is 0.164. The molecule has 1 heteroatoms. The monoisotopic (exact) mass is 717 g/mol. The lowest BCUT2D eigenvalue weighted by Crippen LogP contribution is -2.39. The van der Waals surface area contributed by atoms with Crippen LogP contribution in [0.3, 0.4) is 0 Å². The molecule has 1 fully saturated rings. The Morgan fingerprint density at radius 1 is 0.321 bits per heavy atom. The summed E-state index contributed by atoms with van der Waals surface area (Å²) in [5.74, 6) is 0. The zero-order chi connectivity index (χ0) is 37.2. The minimum absolute atomic E-state index is 0.0453. The third-order valence-corrected chi connectivity index (χ3v) is 14.5. The second kappa shape index (κ2) is 11.4. The molecule has 268 valence electrons.